The van der Waals surface area contributed by atoms with Crippen LogP contribution in [0, 0.1) is 10.1 Å². The molecule has 0 radical (unpaired) electrons. The van der Waals surface area contributed by atoms with E-state index in [2.05, 4.69) is 9.46 Å². The van der Waals surface area contributed by atoms with E-state index >= 15 is 0 Å². The summed E-state index contributed by atoms with van der Waals surface area (Å²) in [5.74, 6) is -0.933. The lowest BCUT2D eigenvalue weighted by atomic mass is 10.2. The number of amides is 2. The van der Waals surface area contributed by atoms with Crippen molar-refractivity contribution in [3.63, 3.8) is 0 Å². The van der Waals surface area contributed by atoms with Gasteiger partial charge >= 0.3 is 0 Å². The highest BCUT2D eigenvalue weighted by Gasteiger charge is 2.29. The largest absolute Gasteiger partial charge is 0.340 e. The molecule has 3 rings (SSSR count). The summed E-state index contributed by atoms with van der Waals surface area (Å²) >= 11 is 0. The monoisotopic (exact) mass is 394 g/mol. The maximum Gasteiger partial charge on any atom is 0.287 e. The van der Waals surface area contributed by atoms with E-state index in [0.717, 1.165) is 0 Å². The number of hydrogen-bond donors (Lipinski definition) is 0. The van der Waals surface area contributed by atoms with Gasteiger partial charge in [0.1, 0.15) is 5.69 Å². The smallest absolute Gasteiger partial charge is 0.287 e. The summed E-state index contributed by atoms with van der Waals surface area (Å²) in [7, 11) is -1.42. The van der Waals surface area contributed by atoms with Crippen LogP contribution >= 0.6 is 0 Å². The molecular weight excluding hydrogens is 376 g/mol. The van der Waals surface area contributed by atoms with Crippen LogP contribution in [-0.4, -0.2) is 53.0 Å². The van der Waals surface area contributed by atoms with E-state index < -0.39 is 20.6 Å². The maximum atomic E-state index is 12.8. The lowest BCUT2D eigenvalue weighted by Crippen LogP contribution is -2.39. The molecule has 12 heteroatoms. The van der Waals surface area contributed by atoms with E-state index in [1.807, 2.05) is 0 Å². The molecule has 0 saturated heterocycles. The van der Waals surface area contributed by atoms with Crippen LogP contribution in [0.15, 0.2) is 27.7 Å². The van der Waals surface area contributed by atoms with Gasteiger partial charge in [-0.3, -0.25) is 24.4 Å². The molecule has 0 saturated carbocycles. The molecule has 1 unspecified atom stereocenters. The van der Waals surface area contributed by atoms with Crippen molar-refractivity contribution in [3.8, 4) is 0 Å². The molecule has 0 aromatic carbocycles. The molecule has 0 spiro atoms. The summed E-state index contributed by atoms with van der Waals surface area (Å²) < 4.78 is 19.5. The van der Waals surface area contributed by atoms with Gasteiger partial charge in [0.25, 0.3) is 17.5 Å². The highest BCUT2D eigenvalue weighted by atomic mass is 32.2. The van der Waals surface area contributed by atoms with Gasteiger partial charge in [0, 0.05) is 32.8 Å². The number of nitro groups is 1. The number of nitrogens with zero attached hydrogens (tertiary/aromatic N) is 6. The zero-order valence-electron chi connectivity index (χ0n) is 15.0. The Kier molecular flexibility index (Phi) is 4.59. The molecule has 0 bridgehead atoms. The van der Waals surface area contributed by atoms with Crippen LogP contribution < -0.4 is 0 Å². The van der Waals surface area contributed by atoms with Gasteiger partial charge in [-0.15, -0.1) is 0 Å². The summed E-state index contributed by atoms with van der Waals surface area (Å²) in [4.78, 5) is 36.3. The fraction of sp³-hybridized carbons (Fsp3) is 0.400. The molecule has 1 aliphatic rings. The van der Waals surface area contributed by atoms with Crippen LogP contribution in [0.4, 0.5) is 5.69 Å². The first-order valence-electron chi connectivity index (χ1n) is 7.97. The maximum absolute atomic E-state index is 12.8. The molecular formula is C15H18N6O5S. The van der Waals surface area contributed by atoms with Gasteiger partial charge < -0.3 is 9.47 Å². The number of rotatable bonds is 3. The Morgan fingerprint density at radius 1 is 1.37 bits per heavy atom. The second-order valence-electron chi connectivity index (χ2n) is 6.27. The minimum atomic E-state index is -2.98. The van der Waals surface area contributed by atoms with Gasteiger partial charge in [0.05, 0.1) is 50.7 Å². The molecule has 3 heterocycles. The Morgan fingerprint density at radius 3 is 2.67 bits per heavy atom. The fourth-order valence-electron chi connectivity index (χ4n) is 3.03. The van der Waals surface area contributed by atoms with E-state index in [4.69, 9.17) is 0 Å². The van der Waals surface area contributed by atoms with Crippen molar-refractivity contribution in [2.24, 2.45) is 11.4 Å². The standard InChI is InChI=1S/C15H18N6O5S/c1-10(22)17-27(3,26)14-7-16-20-5-4-19(9-13(14)20)15(23)12-6-11(21(24)25)8-18(12)2/h6-8H,4-5,9H2,1-3H3. The third-order valence-electron chi connectivity index (χ3n) is 4.25. The van der Waals surface area contributed by atoms with Gasteiger partial charge in [-0.1, -0.05) is 0 Å². The zero-order chi connectivity index (χ0) is 19.9. The van der Waals surface area contributed by atoms with Crippen LogP contribution in [-0.2, 0) is 34.7 Å². The minimum absolute atomic E-state index is 0.116. The molecule has 2 aromatic heterocycles. The molecule has 0 N–H and O–H groups in total. The quantitative estimate of drug-likeness (QED) is 0.558. The van der Waals surface area contributed by atoms with Crippen molar-refractivity contribution in [2.75, 3.05) is 12.8 Å². The van der Waals surface area contributed by atoms with Crippen LogP contribution in [0.5, 0.6) is 0 Å². The number of carbonyl (C=O) groups is 2. The topological polar surface area (TPSA) is 133 Å². The zero-order valence-corrected chi connectivity index (χ0v) is 15.8. The number of aryl methyl sites for hydroxylation is 1. The SMILES string of the molecule is CC(=O)N=S(C)(=O)c1cnn2c1CN(C(=O)c1cc([N+](=O)[O-])cn1C)CC2. The van der Waals surface area contributed by atoms with E-state index in [0.29, 0.717) is 23.7 Å². The minimum Gasteiger partial charge on any atom is -0.340 e. The first-order chi connectivity index (χ1) is 12.6. The normalized spacial score (nSPS) is 15.7. The van der Waals surface area contributed by atoms with Gasteiger partial charge in [-0.05, 0) is 0 Å². The van der Waals surface area contributed by atoms with Crippen LogP contribution in [0.3, 0.4) is 0 Å². The molecule has 11 nitrogen and oxygen atoms in total. The summed E-state index contributed by atoms with van der Waals surface area (Å²) in [6.07, 6.45) is 4.04. The second kappa shape index (κ2) is 6.61. The second-order valence-corrected chi connectivity index (χ2v) is 8.50. The Hall–Kier alpha value is -3.02. The summed E-state index contributed by atoms with van der Waals surface area (Å²) in [6, 6.07) is 1.23. The van der Waals surface area contributed by atoms with Crippen molar-refractivity contribution in [1.82, 2.24) is 19.2 Å². The third kappa shape index (κ3) is 3.47. The molecule has 144 valence electrons. The van der Waals surface area contributed by atoms with Crippen LogP contribution in [0.2, 0.25) is 0 Å². The van der Waals surface area contributed by atoms with E-state index in [9.17, 15) is 23.9 Å². The lowest BCUT2D eigenvalue weighted by Gasteiger charge is -2.28. The molecule has 0 fully saturated rings. The fourth-order valence-corrected chi connectivity index (χ4v) is 4.47. The molecule has 27 heavy (non-hydrogen) atoms. The third-order valence-corrected chi connectivity index (χ3v) is 6.01. The van der Waals surface area contributed by atoms with Crippen molar-refractivity contribution < 1.29 is 18.7 Å². The number of aromatic nitrogens is 3. The summed E-state index contributed by atoms with van der Waals surface area (Å²) in [5, 5.41) is 15.1. The van der Waals surface area contributed by atoms with Gasteiger partial charge in [0.2, 0.25) is 0 Å². The Morgan fingerprint density at radius 2 is 2.07 bits per heavy atom. The predicted octanol–water partition coefficient (Wildman–Crippen LogP) is 0.789. The van der Waals surface area contributed by atoms with E-state index in [-0.39, 0.29) is 23.8 Å². The van der Waals surface area contributed by atoms with Crippen LogP contribution in [0.1, 0.15) is 23.1 Å². The van der Waals surface area contributed by atoms with E-state index in [1.165, 1.54) is 41.1 Å². The highest BCUT2D eigenvalue weighted by molar-refractivity contribution is 7.93. The van der Waals surface area contributed by atoms with Crippen molar-refractivity contribution in [1.29, 1.82) is 0 Å². The average Bonchev–Trinajstić information content (AvgIpc) is 3.16. The first kappa shape index (κ1) is 18.8. The Bertz CT molecular complexity index is 1070. The van der Waals surface area contributed by atoms with Crippen molar-refractivity contribution >= 4 is 27.2 Å². The molecule has 1 aliphatic heterocycles. The van der Waals surface area contributed by atoms with Crippen molar-refractivity contribution in [2.45, 2.75) is 24.9 Å². The van der Waals surface area contributed by atoms with Crippen LogP contribution in [0.25, 0.3) is 0 Å². The average molecular weight is 394 g/mol. The first-order valence-corrected chi connectivity index (χ1v) is 9.90. The van der Waals surface area contributed by atoms with E-state index in [1.54, 1.807) is 11.7 Å². The summed E-state index contributed by atoms with van der Waals surface area (Å²) in [6.45, 7) is 2.06. The number of hydrogen-bond acceptors (Lipinski definition) is 6. The molecule has 1 atom stereocenters. The van der Waals surface area contributed by atoms with Gasteiger partial charge in [-0.2, -0.15) is 9.46 Å². The Labute approximate surface area is 154 Å². The van der Waals surface area contributed by atoms with Gasteiger partial charge in [0.15, 0.2) is 0 Å². The van der Waals surface area contributed by atoms with Crippen molar-refractivity contribution in [3.05, 3.63) is 40.0 Å². The number of carbonyl (C=O) groups excluding carboxylic acids is 2. The lowest BCUT2D eigenvalue weighted by molar-refractivity contribution is -0.384. The number of fused-ring (bicyclic) bond motifs is 1. The molecule has 0 aliphatic carbocycles. The molecule has 2 amide bonds. The predicted molar refractivity (Wildman–Crippen MR) is 94.5 cm³/mol. The Balaban J connectivity index is 1.94. The highest BCUT2D eigenvalue weighted by Crippen LogP contribution is 2.24. The molecule has 2 aromatic rings. The van der Waals surface area contributed by atoms with Gasteiger partial charge in [-0.25, -0.2) is 4.21 Å². The summed E-state index contributed by atoms with van der Waals surface area (Å²) in [5.41, 5.74) is 0.554.